The van der Waals surface area contributed by atoms with Crippen molar-refractivity contribution in [2.24, 2.45) is 4.99 Å². The van der Waals surface area contributed by atoms with Crippen molar-refractivity contribution in [3.05, 3.63) is 78.4 Å². The summed E-state index contributed by atoms with van der Waals surface area (Å²) in [5.74, 6) is 0.803. The second-order valence-electron chi connectivity index (χ2n) is 6.99. The molecule has 1 aromatic heterocycles. The van der Waals surface area contributed by atoms with Gasteiger partial charge in [0.1, 0.15) is 0 Å². The second kappa shape index (κ2) is 13.8. The number of hydrogen-bond acceptors (Lipinski definition) is 3. The maximum Gasteiger partial charge on any atom is 0.191 e. The van der Waals surface area contributed by atoms with Gasteiger partial charge in [0.25, 0.3) is 0 Å². The molecule has 0 saturated carbocycles. The molecule has 0 amide bonds. The van der Waals surface area contributed by atoms with Crippen LogP contribution in [0.3, 0.4) is 0 Å². The lowest BCUT2D eigenvalue weighted by Crippen LogP contribution is -2.37. The highest BCUT2D eigenvalue weighted by molar-refractivity contribution is 14.0. The molecule has 166 valence electrons. The van der Waals surface area contributed by atoms with Gasteiger partial charge in [-0.25, -0.2) is 4.98 Å². The van der Waals surface area contributed by atoms with Crippen molar-refractivity contribution < 1.29 is 4.74 Å². The van der Waals surface area contributed by atoms with Gasteiger partial charge >= 0.3 is 0 Å². The first kappa shape index (κ1) is 24.9. The van der Waals surface area contributed by atoms with Gasteiger partial charge in [-0.1, -0.05) is 48.5 Å². The van der Waals surface area contributed by atoms with E-state index in [0.29, 0.717) is 6.54 Å². The van der Waals surface area contributed by atoms with Crippen molar-refractivity contribution >= 4 is 29.9 Å². The highest BCUT2D eigenvalue weighted by Gasteiger charge is 2.06. The molecule has 0 aliphatic carbocycles. The van der Waals surface area contributed by atoms with Crippen LogP contribution in [0, 0.1) is 0 Å². The van der Waals surface area contributed by atoms with Crippen molar-refractivity contribution in [1.29, 1.82) is 0 Å². The van der Waals surface area contributed by atoms with E-state index in [1.807, 2.05) is 19.4 Å². The molecule has 0 radical (unpaired) electrons. The second-order valence-corrected chi connectivity index (χ2v) is 6.99. The van der Waals surface area contributed by atoms with E-state index < -0.39 is 0 Å². The SMILES string of the molecule is CCOCCCNC(=NC)NCc1ccccc1-c1ccc(Cn2ccnc2)cc1.I. The fourth-order valence-corrected chi connectivity index (χ4v) is 3.26. The van der Waals surface area contributed by atoms with E-state index in [-0.39, 0.29) is 24.0 Å². The van der Waals surface area contributed by atoms with Crippen molar-refractivity contribution in [3.8, 4) is 11.1 Å². The third kappa shape index (κ3) is 7.99. The van der Waals surface area contributed by atoms with E-state index in [4.69, 9.17) is 4.74 Å². The number of aromatic nitrogens is 2. The number of halogens is 1. The number of guanidine groups is 1. The zero-order valence-corrected chi connectivity index (χ0v) is 20.6. The average Bonchev–Trinajstić information content (AvgIpc) is 3.29. The molecular weight excluding hydrogens is 501 g/mol. The van der Waals surface area contributed by atoms with Crippen LogP contribution in [0.4, 0.5) is 0 Å². The zero-order chi connectivity index (χ0) is 21.0. The molecule has 31 heavy (non-hydrogen) atoms. The van der Waals surface area contributed by atoms with Gasteiger partial charge in [0.15, 0.2) is 5.96 Å². The number of rotatable bonds is 10. The van der Waals surface area contributed by atoms with Gasteiger partial charge in [0.05, 0.1) is 6.33 Å². The van der Waals surface area contributed by atoms with Crippen LogP contribution in [0.5, 0.6) is 0 Å². The molecule has 7 heteroatoms. The van der Waals surface area contributed by atoms with Crippen LogP contribution >= 0.6 is 24.0 Å². The van der Waals surface area contributed by atoms with Gasteiger partial charge in [-0.3, -0.25) is 4.99 Å². The third-order valence-corrected chi connectivity index (χ3v) is 4.84. The topological polar surface area (TPSA) is 63.5 Å². The molecule has 3 aromatic rings. The minimum absolute atomic E-state index is 0. The molecule has 3 rings (SSSR count). The summed E-state index contributed by atoms with van der Waals surface area (Å²) in [5, 5.41) is 6.75. The van der Waals surface area contributed by atoms with Crippen molar-refractivity contribution in [3.63, 3.8) is 0 Å². The van der Waals surface area contributed by atoms with E-state index in [1.54, 1.807) is 13.2 Å². The van der Waals surface area contributed by atoms with E-state index in [9.17, 15) is 0 Å². The van der Waals surface area contributed by atoms with Crippen LogP contribution in [0.2, 0.25) is 0 Å². The summed E-state index contributed by atoms with van der Waals surface area (Å²) in [6, 6.07) is 17.2. The molecule has 0 fully saturated rings. The molecule has 0 spiro atoms. The maximum absolute atomic E-state index is 5.38. The number of nitrogens with one attached hydrogen (secondary N) is 2. The Labute approximate surface area is 202 Å². The van der Waals surface area contributed by atoms with Crippen molar-refractivity contribution in [1.82, 2.24) is 20.2 Å². The minimum Gasteiger partial charge on any atom is -0.382 e. The van der Waals surface area contributed by atoms with Gasteiger partial charge in [0.2, 0.25) is 0 Å². The number of nitrogens with zero attached hydrogens (tertiary/aromatic N) is 3. The Morgan fingerprint density at radius 3 is 2.61 bits per heavy atom. The molecule has 0 aliphatic heterocycles. The quantitative estimate of drug-likeness (QED) is 0.177. The summed E-state index contributed by atoms with van der Waals surface area (Å²) < 4.78 is 7.44. The molecule has 2 aromatic carbocycles. The Morgan fingerprint density at radius 1 is 1.10 bits per heavy atom. The summed E-state index contributed by atoms with van der Waals surface area (Å²) in [7, 11) is 1.79. The van der Waals surface area contributed by atoms with Crippen molar-refractivity contribution in [2.75, 3.05) is 26.8 Å². The number of ether oxygens (including phenoxy) is 1. The molecule has 0 unspecified atom stereocenters. The molecular formula is C24H32IN5O. The summed E-state index contributed by atoms with van der Waals surface area (Å²) in [5.41, 5.74) is 4.92. The minimum atomic E-state index is 0. The number of benzene rings is 2. The van der Waals surface area contributed by atoms with Gasteiger partial charge in [0, 0.05) is 52.3 Å². The van der Waals surface area contributed by atoms with Gasteiger partial charge in [-0.2, -0.15) is 0 Å². The highest BCUT2D eigenvalue weighted by Crippen LogP contribution is 2.24. The monoisotopic (exact) mass is 533 g/mol. The predicted molar refractivity (Wildman–Crippen MR) is 138 cm³/mol. The van der Waals surface area contributed by atoms with E-state index in [0.717, 1.165) is 38.7 Å². The molecule has 0 bridgehead atoms. The average molecular weight is 533 g/mol. The first-order chi connectivity index (χ1) is 14.8. The third-order valence-electron chi connectivity index (χ3n) is 4.84. The van der Waals surface area contributed by atoms with Gasteiger partial charge in [-0.15, -0.1) is 24.0 Å². The van der Waals surface area contributed by atoms with Crippen LogP contribution in [0.25, 0.3) is 11.1 Å². The normalized spacial score (nSPS) is 11.1. The number of aliphatic imine (C=N–C) groups is 1. The largest absolute Gasteiger partial charge is 0.382 e. The fraction of sp³-hybridized carbons (Fsp3) is 0.333. The lowest BCUT2D eigenvalue weighted by molar-refractivity contribution is 0.145. The smallest absolute Gasteiger partial charge is 0.191 e. The molecule has 1 heterocycles. The highest BCUT2D eigenvalue weighted by atomic mass is 127. The molecule has 6 nitrogen and oxygen atoms in total. The Balaban J connectivity index is 0.00000341. The fourth-order valence-electron chi connectivity index (χ4n) is 3.26. The Bertz CT molecular complexity index is 910. The van der Waals surface area contributed by atoms with E-state index >= 15 is 0 Å². The lowest BCUT2D eigenvalue weighted by Gasteiger charge is -2.15. The standard InChI is InChI=1S/C24H31N5O.HI/c1-3-30-16-6-13-27-24(25-2)28-17-22-7-4-5-8-23(22)21-11-9-20(10-12-21)18-29-15-14-26-19-29;/h4-5,7-12,14-15,19H,3,6,13,16-18H2,1-2H3,(H2,25,27,28);1H. The van der Waals surface area contributed by atoms with Crippen LogP contribution in [0.1, 0.15) is 24.5 Å². The van der Waals surface area contributed by atoms with Crippen LogP contribution < -0.4 is 10.6 Å². The molecule has 2 N–H and O–H groups in total. The predicted octanol–water partition coefficient (Wildman–Crippen LogP) is 4.31. The first-order valence-corrected chi connectivity index (χ1v) is 10.5. The molecule has 0 aliphatic rings. The molecule has 0 saturated heterocycles. The summed E-state index contributed by atoms with van der Waals surface area (Å²) in [6.45, 7) is 5.90. The van der Waals surface area contributed by atoms with Crippen LogP contribution in [0.15, 0.2) is 72.2 Å². The molecule has 0 atom stereocenters. The summed E-state index contributed by atoms with van der Waals surface area (Å²) >= 11 is 0. The lowest BCUT2D eigenvalue weighted by atomic mass is 9.98. The van der Waals surface area contributed by atoms with E-state index in [2.05, 4.69) is 73.7 Å². The Hall–Kier alpha value is -2.39. The first-order valence-electron chi connectivity index (χ1n) is 10.5. The summed E-state index contributed by atoms with van der Waals surface area (Å²) in [6.07, 6.45) is 6.58. The van der Waals surface area contributed by atoms with Gasteiger partial charge in [-0.05, 0) is 35.6 Å². The van der Waals surface area contributed by atoms with Crippen LogP contribution in [-0.2, 0) is 17.8 Å². The van der Waals surface area contributed by atoms with Gasteiger partial charge < -0.3 is 19.9 Å². The van der Waals surface area contributed by atoms with E-state index in [1.165, 1.54) is 22.3 Å². The maximum atomic E-state index is 5.38. The summed E-state index contributed by atoms with van der Waals surface area (Å²) in [4.78, 5) is 8.42. The Kier molecular flexibility index (Phi) is 11.1. The number of imidazole rings is 1. The zero-order valence-electron chi connectivity index (χ0n) is 18.3. The van der Waals surface area contributed by atoms with Crippen LogP contribution in [-0.4, -0.2) is 42.3 Å². The Morgan fingerprint density at radius 2 is 1.90 bits per heavy atom. The van der Waals surface area contributed by atoms with Crippen molar-refractivity contribution in [2.45, 2.75) is 26.4 Å². The number of hydrogen-bond donors (Lipinski definition) is 2.